The number of benzene rings is 1. The Bertz CT molecular complexity index is 933. The minimum absolute atomic E-state index is 0.154. The average Bonchev–Trinajstić information content (AvgIpc) is 3.31. The Morgan fingerprint density at radius 3 is 2.12 bits per heavy atom. The Morgan fingerprint density at radius 1 is 0.939 bits per heavy atom. The monoisotopic (exact) mass is 496 g/mol. The first-order chi connectivity index (χ1) is 15.7. The first-order valence-corrected chi connectivity index (χ1v) is 14.1. The number of rotatable bonds is 6. The number of carbonyl (C=O) groups is 1. The Balaban J connectivity index is 1.40. The predicted octanol–water partition coefficient (Wildman–Crippen LogP) is 2.86. The van der Waals surface area contributed by atoms with Crippen LogP contribution in [0.15, 0.2) is 23.1 Å². The van der Waals surface area contributed by atoms with Crippen molar-refractivity contribution in [3.8, 4) is 0 Å². The Hall–Kier alpha value is -1.19. The first kappa shape index (κ1) is 24.9. The lowest BCUT2D eigenvalue weighted by molar-refractivity contribution is 0.0626. The molecular formula is C24H37ClN4O3S. The van der Waals surface area contributed by atoms with Crippen LogP contribution < -0.4 is 0 Å². The molecule has 0 unspecified atom stereocenters. The molecular weight excluding hydrogens is 460 g/mol. The second kappa shape index (κ2) is 10.6. The predicted molar refractivity (Wildman–Crippen MR) is 131 cm³/mol. The van der Waals surface area contributed by atoms with Gasteiger partial charge in [-0.1, -0.05) is 25.4 Å². The van der Waals surface area contributed by atoms with E-state index in [1.165, 1.54) is 38.1 Å². The van der Waals surface area contributed by atoms with E-state index in [0.29, 0.717) is 43.0 Å². The van der Waals surface area contributed by atoms with Crippen molar-refractivity contribution in [2.75, 3.05) is 65.4 Å². The van der Waals surface area contributed by atoms with Gasteiger partial charge in [0, 0.05) is 52.4 Å². The molecule has 3 fully saturated rings. The summed E-state index contributed by atoms with van der Waals surface area (Å²) < 4.78 is 28.2. The number of likely N-dealkylation sites (tertiary alicyclic amines) is 1. The minimum Gasteiger partial charge on any atom is -0.336 e. The van der Waals surface area contributed by atoms with Crippen LogP contribution in [-0.4, -0.2) is 98.8 Å². The van der Waals surface area contributed by atoms with Crippen LogP contribution in [0, 0.1) is 11.8 Å². The third-order valence-electron chi connectivity index (χ3n) is 7.23. The summed E-state index contributed by atoms with van der Waals surface area (Å²) in [6.07, 6.45) is 3.63. The van der Waals surface area contributed by atoms with Gasteiger partial charge in [0.25, 0.3) is 5.91 Å². The van der Waals surface area contributed by atoms with Crippen molar-refractivity contribution in [1.29, 1.82) is 0 Å². The maximum atomic E-state index is 13.3. The van der Waals surface area contributed by atoms with E-state index in [9.17, 15) is 13.2 Å². The topological polar surface area (TPSA) is 64.2 Å². The van der Waals surface area contributed by atoms with Crippen LogP contribution in [0.1, 0.15) is 43.5 Å². The zero-order valence-corrected chi connectivity index (χ0v) is 21.5. The van der Waals surface area contributed by atoms with E-state index >= 15 is 0 Å². The van der Waals surface area contributed by atoms with Crippen molar-refractivity contribution in [3.63, 3.8) is 0 Å². The average molecular weight is 497 g/mol. The number of sulfonamides is 1. The van der Waals surface area contributed by atoms with Gasteiger partial charge in [-0.2, -0.15) is 4.31 Å². The highest BCUT2D eigenvalue weighted by atomic mass is 35.5. The summed E-state index contributed by atoms with van der Waals surface area (Å²) in [4.78, 5) is 20.1. The van der Waals surface area contributed by atoms with Gasteiger partial charge in [0.05, 0.1) is 15.5 Å². The highest BCUT2D eigenvalue weighted by Gasteiger charge is 2.33. The summed E-state index contributed by atoms with van der Waals surface area (Å²) >= 11 is 6.37. The van der Waals surface area contributed by atoms with Crippen LogP contribution in [0.3, 0.4) is 0 Å². The van der Waals surface area contributed by atoms with E-state index in [2.05, 4.69) is 23.6 Å². The molecule has 0 aromatic heterocycles. The van der Waals surface area contributed by atoms with Crippen molar-refractivity contribution in [2.45, 2.75) is 38.0 Å². The maximum absolute atomic E-state index is 13.3. The smallest absolute Gasteiger partial charge is 0.255 e. The highest BCUT2D eigenvalue weighted by Crippen LogP contribution is 2.29. The van der Waals surface area contributed by atoms with Crippen molar-refractivity contribution < 1.29 is 13.2 Å². The quantitative estimate of drug-likeness (QED) is 0.606. The molecule has 3 heterocycles. The number of hydrogen-bond donors (Lipinski definition) is 0. The molecule has 184 valence electrons. The molecule has 0 bridgehead atoms. The highest BCUT2D eigenvalue weighted by molar-refractivity contribution is 7.89. The Morgan fingerprint density at radius 2 is 1.52 bits per heavy atom. The third-order valence-corrected chi connectivity index (χ3v) is 9.39. The molecule has 0 radical (unpaired) electrons. The standard InChI is InChI=1S/C24H37ClN4O3S/c1-19-15-20(2)18-29(17-19)33(31,32)21-5-6-23(25)22(16-21)24(30)28-13-11-27(12-14-28)10-9-26-7-3-4-8-26/h5-6,16,19-20H,3-4,7-15,17-18H2,1-2H3/t19-,20+. The molecule has 33 heavy (non-hydrogen) atoms. The molecule has 0 spiro atoms. The number of piperazine rings is 1. The lowest BCUT2D eigenvalue weighted by atomic mass is 9.94. The third kappa shape index (κ3) is 5.90. The van der Waals surface area contributed by atoms with Crippen molar-refractivity contribution in [2.24, 2.45) is 11.8 Å². The number of hydrogen-bond acceptors (Lipinski definition) is 5. The molecule has 0 N–H and O–H groups in total. The number of carbonyl (C=O) groups excluding carboxylic acids is 1. The van der Waals surface area contributed by atoms with Gasteiger partial charge in [-0.15, -0.1) is 0 Å². The van der Waals surface area contributed by atoms with Crippen molar-refractivity contribution in [1.82, 2.24) is 19.0 Å². The van der Waals surface area contributed by atoms with Crippen LogP contribution in [0.2, 0.25) is 5.02 Å². The van der Waals surface area contributed by atoms with Crippen LogP contribution in [0.4, 0.5) is 0 Å². The summed E-state index contributed by atoms with van der Waals surface area (Å²) in [6, 6.07) is 4.54. The van der Waals surface area contributed by atoms with E-state index in [-0.39, 0.29) is 16.4 Å². The second-order valence-electron chi connectivity index (χ2n) is 10.1. The van der Waals surface area contributed by atoms with Gasteiger partial charge < -0.3 is 9.80 Å². The lowest BCUT2D eigenvalue weighted by Gasteiger charge is -2.36. The molecule has 7 nitrogen and oxygen atoms in total. The molecule has 3 saturated heterocycles. The largest absolute Gasteiger partial charge is 0.336 e. The van der Waals surface area contributed by atoms with E-state index in [4.69, 9.17) is 11.6 Å². The molecule has 0 aliphatic carbocycles. The van der Waals surface area contributed by atoms with Gasteiger partial charge in [0.1, 0.15) is 0 Å². The molecule has 1 amide bonds. The number of halogens is 1. The number of nitrogens with zero attached hydrogens (tertiary/aromatic N) is 4. The van der Waals surface area contributed by atoms with Crippen molar-refractivity contribution >= 4 is 27.5 Å². The fourth-order valence-corrected chi connectivity index (χ4v) is 7.32. The van der Waals surface area contributed by atoms with Gasteiger partial charge in [0.2, 0.25) is 10.0 Å². The van der Waals surface area contributed by atoms with Crippen LogP contribution >= 0.6 is 11.6 Å². The maximum Gasteiger partial charge on any atom is 0.255 e. The van der Waals surface area contributed by atoms with E-state index in [1.807, 2.05) is 0 Å². The zero-order chi connectivity index (χ0) is 23.6. The normalized spacial score (nSPS) is 26.1. The Kier molecular flexibility index (Phi) is 8.01. The van der Waals surface area contributed by atoms with Crippen LogP contribution in [-0.2, 0) is 10.0 Å². The van der Waals surface area contributed by atoms with Crippen LogP contribution in [0.5, 0.6) is 0 Å². The second-order valence-corrected chi connectivity index (χ2v) is 12.4. The molecule has 4 rings (SSSR count). The van der Waals surface area contributed by atoms with Gasteiger partial charge in [-0.25, -0.2) is 8.42 Å². The summed E-state index contributed by atoms with van der Waals surface area (Å²) in [5, 5.41) is 0.302. The Labute approximate surface area is 203 Å². The van der Waals surface area contributed by atoms with Gasteiger partial charge >= 0.3 is 0 Å². The molecule has 3 aliphatic rings. The van der Waals surface area contributed by atoms with Gasteiger partial charge in [0.15, 0.2) is 0 Å². The molecule has 9 heteroatoms. The first-order valence-electron chi connectivity index (χ1n) is 12.3. The molecule has 1 aromatic rings. The molecule has 2 atom stereocenters. The summed E-state index contributed by atoms with van der Waals surface area (Å²) in [7, 11) is -3.66. The SMILES string of the molecule is C[C@@H]1C[C@H](C)CN(S(=O)(=O)c2ccc(Cl)c(C(=O)N3CCN(CCN4CCCC4)CC3)c2)C1. The summed E-state index contributed by atoms with van der Waals surface area (Å²) in [6.45, 7) is 12.6. The fraction of sp³-hybridized carbons (Fsp3) is 0.708. The zero-order valence-electron chi connectivity index (χ0n) is 19.9. The molecule has 1 aromatic carbocycles. The van der Waals surface area contributed by atoms with E-state index < -0.39 is 10.0 Å². The number of amides is 1. The van der Waals surface area contributed by atoms with Gasteiger partial charge in [-0.3, -0.25) is 9.69 Å². The van der Waals surface area contributed by atoms with Crippen molar-refractivity contribution in [3.05, 3.63) is 28.8 Å². The van der Waals surface area contributed by atoms with E-state index in [0.717, 1.165) is 32.6 Å². The summed E-state index contributed by atoms with van der Waals surface area (Å²) in [5.41, 5.74) is 0.279. The minimum atomic E-state index is -3.66. The molecule has 3 aliphatic heterocycles. The lowest BCUT2D eigenvalue weighted by Crippen LogP contribution is -2.50. The van der Waals surface area contributed by atoms with E-state index in [1.54, 1.807) is 15.3 Å². The molecule has 0 saturated carbocycles. The number of piperidine rings is 1. The van der Waals surface area contributed by atoms with Gasteiger partial charge in [-0.05, 0) is 62.4 Å². The summed E-state index contributed by atoms with van der Waals surface area (Å²) in [5.74, 6) is 0.453. The van der Waals surface area contributed by atoms with Crippen LogP contribution in [0.25, 0.3) is 0 Å². The fourth-order valence-electron chi connectivity index (χ4n) is 5.41.